The van der Waals surface area contributed by atoms with Gasteiger partial charge in [-0.25, -0.2) is 0 Å². The molecule has 96 valence electrons. The number of aliphatic carboxylic acids is 1. The van der Waals surface area contributed by atoms with Crippen LogP contribution < -0.4 is 0 Å². The number of hydrogen-bond donors (Lipinski definition) is 2. The molecule has 2 unspecified atom stereocenters. The number of rotatable bonds is 2. The highest BCUT2D eigenvalue weighted by molar-refractivity contribution is 5.77. The molecule has 2 atom stereocenters. The van der Waals surface area contributed by atoms with Crippen LogP contribution >= 0.6 is 0 Å². The van der Waals surface area contributed by atoms with Gasteiger partial charge in [0.05, 0.1) is 23.2 Å². The fraction of sp³-hybridized carbons (Fsp3) is 0.923. The second-order valence-electron chi connectivity index (χ2n) is 6.06. The summed E-state index contributed by atoms with van der Waals surface area (Å²) >= 11 is 0. The minimum Gasteiger partial charge on any atom is -0.481 e. The molecule has 3 aliphatic rings. The molecule has 3 rings (SSSR count). The van der Waals surface area contributed by atoms with E-state index in [4.69, 9.17) is 4.74 Å². The zero-order valence-corrected chi connectivity index (χ0v) is 10.1. The maximum absolute atomic E-state index is 11.8. The van der Waals surface area contributed by atoms with Crippen molar-refractivity contribution in [2.45, 2.75) is 62.6 Å². The monoisotopic (exact) mass is 240 g/mol. The van der Waals surface area contributed by atoms with E-state index >= 15 is 0 Å². The number of hydrogen-bond acceptors (Lipinski definition) is 3. The van der Waals surface area contributed by atoms with Crippen LogP contribution in [0.15, 0.2) is 0 Å². The summed E-state index contributed by atoms with van der Waals surface area (Å²) < 4.78 is 6.20. The highest BCUT2D eigenvalue weighted by Gasteiger charge is 2.70. The summed E-state index contributed by atoms with van der Waals surface area (Å²) in [5.41, 5.74) is -1.79. The Labute approximate surface area is 101 Å². The van der Waals surface area contributed by atoms with Gasteiger partial charge in [-0.2, -0.15) is 0 Å². The first-order valence-electron chi connectivity index (χ1n) is 6.63. The fourth-order valence-electron chi connectivity index (χ4n) is 4.50. The number of ether oxygens (including phenoxy) is 1. The molecule has 2 bridgehead atoms. The highest BCUT2D eigenvalue weighted by Crippen LogP contribution is 2.64. The fourth-order valence-corrected chi connectivity index (χ4v) is 4.50. The molecule has 0 aromatic carbocycles. The van der Waals surface area contributed by atoms with Gasteiger partial charge in [0.2, 0.25) is 0 Å². The van der Waals surface area contributed by atoms with Gasteiger partial charge >= 0.3 is 5.97 Å². The lowest BCUT2D eigenvalue weighted by atomic mass is 9.62. The van der Waals surface area contributed by atoms with Crippen molar-refractivity contribution in [3.8, 4) is 0 Å². The topological polar surface area (TPSA) is 66.8 Å². The predicted octanol–water partition coefficient (Wildman–Crippen LogP) is 1.71. The van der Waals surface area contributed by atoms with Gasteiger partial charge in [-0.3, -0.25) is 4.79 Å². The van der Waals surface area contributed by atoms with Crippen molar-refractivity contribution in [3.63, 3.8) is 0 Å². The third kappa shape index (κ3) is 1.28. The zero-order chi connectivity index (χ0) is 12.1. The maximum atomic E-state index is 11.8. The van der Waals surface area contributed by atoms with Crippen LogP contribution in [0.1, 0.15) is 51.4 Å². The summed E-state index contributed by atoms with van der Waals surface area (Å²) in [6.45, 7) is -0.0379. The zero-order valence-electron chi connectivity index (χ0n) is 10.1. The van der Waals surface area contributed by atoms with Crippen LogP contribution in [0.3, 0.4) is 0 Å². The molecule has 1 heterocycles. The molecule has 2 saturated carbocycles. The predicted molar refractivity (Wildman–Crippen MR) is 60.6 cm³/mol. The van der Waals surface area contributed by atoms with Gasteiger partial charge in [0.1, 0.15) is 0 Å². The highest BCUT2D eigenvalue weighted by atomic mass is 16.5. The van der Waals surface area contributed by atoms with E-state index < -0.39 is 22.6 Å². The average Bonchev–Trinajstić information content (AvgIpc) is 2.85. The van der Waals surface area contributed by atoms with Gasteiger partial charge in [0, 0.05) is 0 Å². The second-order valence-corrected chi connectivity index (χ2v) is 6.06. The largest absolute Gasteiger partial charge is 0.481 e. The van der Waals surface area contributed by atoms with Crippen LogP contribution in [0, 0.1) is 5.41 Å². The lowest BCUT2D eigenvalue weighted by molar-refractivity contribution is -0.166. The first-order chi connectivity index (χ1) is 8.08. The number of carboxylic acid groups (broad SMARTS) is 1. The van der Waals surface area contributed by atoms with Crippen LogP contribution in [-0.2, 0) is 9.53 Å². The van der Waals surface area contributed by atoms with Crippen LogP contribution in [0.4, 0.5) is 0 Å². The molecule has 0 aromatic heterocycles. The molecule has 2 N–H and O–H groups in total. The number of carbonyl (C=O) groups is 1. The Balaban J connectivity index is 2.06. The number of aliphatic hydroxyl groups excluding tert-OH is 1. The molecule has 17 heavy (non-hydrogen) atoms. The van der Waals surface area contributed by atoms with Gasteiger partial charge in [-0.05, 0) is 38.5 Å². The Hall–Kier alpha value is -0.610. The van der Waals surface area contributed by atoms with Gasteiger partial charge in [-0.1, -0.05) is 12.8 Å². The minimum atomic E-state index is -0.732. The molecule has 0 radical (unpaired) electrons. The van der Waals surface area contributed by atoms with E-state index in [0.717, 1.165) is 38.5 Å². The molecule has 0 amide bonds. The lowest BCUT2D eigenvalue weighted by Crippen LogP contribution is -2.48. The summed E-state index contributed by atoms with van der Waals surface area (Å²) in [7, 11) is 0. The molecule has 0 aromatic rings. The van der Waals surface area contributed by atoms with Gasteiger partial charge in [0.15, 0.2) is 0 Å². The van der Waals surface area contributed by atoms with Crippen LogP contribution in [0.2, 0.25) is 0 Å². The molecule has 2 aliphatic carbocycles. The summed E-state index contributed by atoms with van der Waals surface area (Å²) in [4.78, 5) is 11.8. The first-order valence-corrected chi connectivity index (χ1v) is 6.63. The van der Waals surface area contributed by atoms with Gasteiger partial charge in [0.25, 0.3) is 0 Å². The van der Waals surface area contributed by atoms with Crippen LogP contribution in [0.25, 0.3) is 0 Å². The molecular weight excluding hydrogens is 220 g/mol. The van der Waals surface area contributed by atoms with E-state index in [1.54, 1.807) is 0 Å². The molecule has 1 aliphatic heterocycles. The normalized spacial score (nSPS) is 43.1. The number of carboxylic acids is 1. The molecular formula is C13H20O4. The summed E-state index contributed by atoms with van der Waals surface area (Å²) in [5.74, 6) is -0.713. The van der Waals surface area contributed by atoms with E-state index in [9.17, 15) is 15.0 Å². The third-order valence-corrected chi connectivity index (χ3v) is 5.25. The van der Waals surface area contributed by atoms with Gasteiger partial charge in [-0.15, -0.1) is 0 Å². The number of aliphatic hydroxyl groups is 1. The van der Waals surface area contributed by atoms with Crippen molar-refractivity contribution in [2.24, 2.45) is 5.41 Å². The Bertz CT molecular complexity index is 347. The van der Waals surface area contributed by atoms with Crippen molar-refractivity contribution < 1.29 is 19.7 Å². The third-order valence-electron chi connectivity index (χ3n) is 5.25. The van der Waals surface area contributed by atoms with Crippen molar-refractivity contribution >= 4 is 5.97 Å². The molecule has 4 nitrogen and oxygen atoms in total. The minimum absolute atomic E-state index is 0.0379. The van der Waals surface area contributed by atoms with Crippen molar-refractivity contribution in [2.75, 3.05) is 6.61 Å². The number of fused-ring (bicyclic) bond motifs is 3. The van der Waals surface area contributed by atoms with E-state index in [1.165, 1.54) is 0 Å². The smallest absolute Gasteiger partial charge is 0.312 e. The first kappa shape index (κ1) is 11.5. The standard InChI is InChI=1S/C13H20O4/c14-9-11-4-3-5-12(8-11,10(15)16)13(17-11)6-1-2-7-13/h14H,1-9H2,(H,15,16). The van der Waals surface area contributed by atoms with E-state index in [-0.39, 0.29) is 6.61 Å². The Morgan fingerprint density at radius 2 is 1.82 bits per heavy atom. The lowest BCUT2D eigenvalue weighted by Gasteiger charge is -2.38. The summed E-state index contributed by atoms with van der Waals surface area (Å²) in [5, 5.41) is 19.3. The van der Waals surface area contributed by atoms with Crippen LogP contribution in [-0.4, -0.2) is 34.0 Å². The Morgan fingerprint density at radius 3 is 2.41 bits per heavy atom. The second kappa shape index (κ2) is 3.45. The summed E-state index contributed by atoms with van der Waals surface area (Å²) in [6.07, 6.45) is 6.68. The van der Waals surface area contributed by atoms with E-state index in [0.29, 0.717) is 12.8 Å². The molecule has 4 heteroatoms. The molecule has 3 fully saturated rings. The molecule has 1 saturated heterocycles. The molecule has 1 spiro atoms. The average molecular weight is 240 g/mol. The van der Waals surface area contributed by atoms with E-state index in [2.05, 4.69) is 0 Å². The summed E-state index contributed by atoms with van der Waals surface area (Å²) in [6, 6.07) is 0. The van der Waals surface area contributed by atoms with E-state index in [1.807, 2.05) is 0 Å². The Morgan fingerprint density at radius 1 is 1.12 bits per heavy atom. The van der Waals surface area contributed by atoms with Crippen molar-refractivity contribution in [3.05, 3.63) is 0 Å². The Kier molecular flexibility index (Phi) is 2.33. The SMILES string of the molecule is O=C(O)C12CCCC(CO)(C1)OC21CCCC1. The van der Waals surface area contributed by atoms with Crippen molar-refractivity contribution in [1.29, 1.82) is 0 Å². The van der Waals surface area contributed by atoms with Gasteiger partial charge < -0.3 is 14.9 Å². The quantitative estimate of drug-likeness (QED) is 0.771. The van der Waals surface area contributed by atoms with Crippen LogP contribution in [0.5, 0.6) is 0 Å². The maximum Gasteiger partial charge on any atom is 0.312 e. The van der Waals surface area contributed by atoms with Crippen molar-refractivity contribution in [1.82, 2.24) is 0 Å².